The second-order valence-electron chi connectivity index (χ2n) is 9.46. The molecule has 39 heavy (non-hydrogen) atoms. The molecule has 202 valence electrons. The molecule has 0 radical (unpaired) electrons. The monoisotopic (exact) mass is 553 g/mol. The Kier molecular flexibility index (Phi) is 7.99. The summed E-state index contributed by atoms with van der Waals surface area (Å²) in [6.07, 6.45) is 2.56. The van der Waals surface area contributed by atoms with Crippen molar-refractivity contribution in [1.29, 1.82) is 0 Å². The Morgan fingerprint density at radius 3 is 2.38 bits per heavy atom. The van der Waals surface area contributed by atoms with Crippen LogP contribution in [0.1, 0.15) is 42.5 Å². The fraction of sp³-hybridized carbons (Fsp3) is 0.286. The molecule has 1 saturated carbocycles. The number of amides is 2. The molecule has 1 saturated heterocycles. The van der Waals surface area contributed by atoms with Gasteiger partial charge in [-0.2, -0.15) is 13.2 Å². The summed E-state index contributed by atoms with van der Waals surface area (Å²) in [5, 5.41) is 8.81. The highest BCUT2D eigenvalue weighted by Crippen LogP contribution is 2.32. The first-order chi connectivity index (χ1) is 18.7. The number of thioether (sulfide) groups is 1. The van der Waals surface area contributed by atoms with Crippen molar-refractivity contribution < 1.29 is 22.8 Å². The van der Waals surface area contributed by atoms with Gasteiger partial charge in [-0.3, -0.25) is 14.9 Å². The van der Waals surface area contributed by atoms with Gasteiger partial charge in [-0.15, -0.1) is 0 Å². The lowest BCUT2D eigenvalue weighted by atomic mass is 9.90. The molecule has 0 spiro atoms. The third-order valence-electron chi connectivity index (χ3n) is 6.78. The molecule has 2 heterocycles. The number of nitrogens with one attached hydrogen (secondary N) is 3. The summed E-state index contributed by atoms with van der Waals surface area (Å²) in [7, 11) is 0. The second-order valence-corrected chi connectivity index (χ2v) is 10.5. The van der Waals surface area contributed by atoms with Crippen LogP contribution < -0.4 is 16.0 Å². The van der Waals surface area contributed by atoms with Gasteiger partial charge >= 0.3 is 6.18 Å². The molecular weight excluding hydrogens is 527 g/mol. The van der Waals surface area contributed by atoms with Crippen molar-refractivity contribution in [3.8, 4) is 11.1 Å². The van der Waals surface area contributed by atoms with Gasteiger partial charge in [0.25, 0.3) is 11.1 Å². The smallest absolute Gasteiger partial charge is 0.351 e. The van der Waals surface area contributed by atoms with Crippen LogP contribution in [0, 0.1) is 0 Å². The van der Waals surface area contributed by atoms with E-state index in [0.717, 1.165) is 66.3 Å². The predicted octanol–water partition coefficient (Wildman–Crippen LogP) is 6.00. The van der Waals surface area contributed by atoms with E-state index in [4.69, 9.17) is 0 Å². The molecule has 3 N–H and O–H groups in total. The molecule has 11 heteroatoms. The van der Waals surface area contributed by atoms with Gasteiger partial charge in [-0.1, -0.05) is 36.4 Å². The minimum atomic E-state index is -4.35. The average molecular weight is 554 g/mol. The molecule has 3 aromatic rings. The molecule has 0 bridgehead atoms. The lowest BCUT2D eigenvalue weighted by Gasteiger charge is -2.30. The molecule has 2 fully saturated rings. The van der Waals surface area contributed by atoms with E-state index in [1.54, 1.807) is 18.3 Å². The first-order valence-electron chi connectivity index (χ1n) is 12.6. The second kappa shape index (κ2) is 11.6. The molecule has 2 aromatic carbocycles. The number of alkyl halides is 3. The van der Waals surface area contributed by atoms with E-state index in [9.17, 15) is 22.8 Å². The first kappa shape index (κ1) is 26.9. The summed E-state index contributed by atoms with van der Waals surface area (Å²) in [6.45, 7) is 0.619. The highest BCUT2D eigenvalue weighted by Gasteiger charge is 2.30. The standard InChI is InChI=1S/C28H26F3N5O2S/c29-28(30,31)19-7-5-17(6-8-19)23-4-2-1-3-18(23)16-33-20-9-11-21(12-10-20)34-26-32-14-13-22(35-26)15-24-25(37)36-27(38)39-24/h1-8,13-15,20-21,33H,9-12,16H2,(H,32,34,35)(H,36,37,38)/b24-15-. The third-order valence-corrected chi connectivity index (χ3v) is 7.59. The Morgan fingerprint density at radius 2 is 1.69 bits per heavy atom. The fourth-order valence-electron chi connectivity index (χ4n) is 4.75. The zero-order chi connectivity index (χ0) is 27.4. The lowest BCUT2D eigenvalue weighted by molar-refractivity contribution is -0.137. The van der Waals surface area contributed by atoms with Gasteiger partial charge in [0, 0.05) is 24.8 Å². The van der Waals surface area contributed by atoms with Crippen molar-refractivity contribution in [2.24, 2.45) is 0 Å². The van der Waals surface area contributed by atoms with E-state index < -0.39 is 22.9 Å². The number of halogens is 3. The van der Waals surface area contributed by atoms with Gasteiger partial charge < -0.3 is 10.6 Å². The van der Waals surface area contributed by atoms with Crippen LogP contribution in [0.4, 0.5) is 23.9 Å². The molecule has 5 rings (SSSR count). The maximum Gasteiger partial charge on any atom is 0.416 e. The zero-order valence-corrected chi connectivity index (χ0v) is 21.6. The molecular formula is C28H26F3N5O2S. The number of carbonyl (C=O) groups is 2. The summed E-state index contributed by atoms with van der Waals surface area (Å²) in [6, 6.07) is 15.2. The van der Waals surface area contributed by atoms with E-state index in [0.29, 0.717) is 29.1 Å². The summed E-state index contributed by atoms with van der Waals surface area (Å²) in [5.74, 6) is 0.0480. The van der Waals surface area contributed by atoms with Crippen LogP contribution in [0.3, 0.4) is 0 Å². The van der Waals surface area contributed by atoms with Gasteiger partial charge in [0.1, 0.15) is 0 Å². The highest BCUT2D eigenvalue weighted by molar-refractivity contribution is 8.18. The number of hydrogen-bond donors (Lipinski definition) is 3. The quantitative estimate of drug-likeness (QED) is 0.309. The van der Waals surface area contributed by atoms with Crippen LogP contribution in [0.2, 0.25) is 0 Å². The van der Waals surface area contributed by atoms with E-state index in [-0.39, 0.29) is 6.04 Å². The number of rotatable bonds is 7. The van der Waals surface area contributed by atoms with E-state index in [2.05, 4.69) is 25.9 Å². The Hall–Kier alpha value is -3.70. The van der Waals surface area contributed by atoms with E-state index in [1.165, 1.54) is 12.1 Å². The number of anilines is 1. The van der Waals surface area contributed by atoms with Crippen molar-refractivity contribution in [2.75, 3.05) is 5.32 Å². The van der Waals surface area contributed by atoms with Gasteiger partial charge in [-0.25, -0.2) is 9.97 Å². The summed E-state index contributed by atoms with van der Waals surface area (Å²) in [5.41, 5.74) is 2.59. The summed E-state index contributed by atoms with van der Waals surface area (Å²) < 4.78 is 38.8. The molecule has 2 amide bonds. The minimum Gasteiger partial charge on any atom is -0.351 e. The number of benzene rings is 2. The molecule has 1 aliphatic carbocycles. The largest absolute Gasteiger partial charge is 0.416 e. The lowest BCUT2D eigenvalue weighted by Crippen LogP contribution is -2.37. The number of hydrogen-bond acceptors (Lipinski definition) is 7. The Bertz CT molecular complexity index is 1390. The van der Waals surface area contributed by atoms with Gasteiger partial charge in [0.05, 0.1) is 16.2 Å². The zero-order valence-electron chi connectivity index (χ0n) is 20.8. The van der Waals surface area contributed by atoms with Crippen molar-refractivity contribution >= 4 is 34.9 Å². The molecule has 7 nitrogen and oxygen atoms in total. The third kappa shape index (κ3) is 6.85. The summed E-state index contributed by atoms with van der Waals surface area (Å²) >= 11 is 0.847. The number of nitrogens with zero attached hydrogens (tertiary/aromatic N) is 2. The molecule has 2 aliphatic rings. The van der Waals surface area contributed by atoms with Gasteiger partial charge in [0.2, 0.25) is 5.95 Å². The van der Waals surface area contributed by atoms with Crippen molar-refractivity contribution in [3.63, 3.8) is 0 Å². The van der Waals surface area contributed by atoms with Crippen LogP contribution in [-0.2, 0) is 17.5 Å². The SMILES string of the molecule is O=C1NC(=O)/C(=C/c2ccnc(NC3CCC(NCc4ccccc4-c4ccc(C(F)(F)F)cc4)CC3)n2)S1. The molecule has 1 aromatic heterocycles. The maximum atomic E-state index is 12.9. The molecule has 0 atom stereocenters. The Labute approximate surface area is 227 Å². The minimum absolute atomic E-state index is 0.205. The molecule has 1 aliphatic heterocycles. The highest BCUT2D eigenvalue weighted by atomic mass is 32.2. The van der Waals surface area contributed by atoms with Crippen LogP contribution >= 0.6 is 11.8 Å². The van der Waals surface area contributed by atoms with Gasteiger partial charge in [0.15, 0.2) is 0 Å². The number of aromatic nitrogens is 2. The predicted molar refractivity (Wildman–Crippen MR) is 145 cm³/mol. The van der Waals surface area contributed by atoms with Crippen molar-refractivity contribution in [3.05, 3.63) is 82.5 Å². The van der Waals surface area contributed by atoms with Gasteiger partial charge in [-0.05, 0) is 78.4 Å². The van der Waals surface area contributed by atoms with E-state index >= 15 is 0 Å². The van der Waals surface area contributed by atoms with E-state index in [1.807, 2.05) is 24.3 Å². The first-order valence-corrected chi connectivity index (χ1v) is 13.4. The van der Waals surface area contributed by atoms with Crippen LogP contribution in [-0.4, -0.2) is 33.2 Å². The van der Waals surface area contributed by atoms with Crippen LogP contribution in [0.25, 0.3) is 17.2 Å². The Balaban J connectivity index is 1.14. The number of imide groups is 1. The Morgan fingerprint density at radius 1 is 0.974 bits per heavy atom. The van der Waals surface area contributed by atoms with Crippen LogP contribution in [0.5, 0.6) is 0 Å². The fourth-order valence-corrected chi connectivity index (χ4v) is 5.42. The average Bonchev–Trinajstić information content (AvgIpc) is 3.24. The van der Waals surface area contributed by atoms with Crippen LogP contribution in [0.15, 0.2) is 65.7 Å². The molecule has 0 unspecified atom stereocenters. The van der Waals surface area contributed by atoms with Crippen molar-refractivity contribution in [1.82, 2.24) is 20.6 Å². The number of carbonyl (C=O) groups excluding carboxylic acids is 2. The van der Waals surface area contributed by atoms with Crippen molar-refractivity contribution in [2.45, 2.75) is 50.5 Å². The summed E-state index contributed by atoms with van der Waals surface area (Å²) in [4.78, 5) is 32.2. The topological polar surface area (TPSA) is 96.0 Å². The normalized spacial score (nSPS) is 20.7. The maximum absolute atomic E-state index is 12.9.